The van der Waals surface area contributed by atoms with Crippen LogP contribution < -0.4 is 10.1 Å². The van der Waals surface area contributed by atoms with Gasteiger partial charge in [0.15, 0.2) is 0 Å². The number of halogens is 1. The maximum atomic E-state index is 12.1. The maximum absolute atomic E-state index is 12.1. The Balaban J connectivity index is 1.62. The van der Waals surface area contributed by atoms with E-state index < -0.39 is 12.1 Å². The van der Waals surface area contributed by atoms with Gasteiger partial charge in [-0.05, 0) is 46.5 Å². The molecule has 0 atom stereocenters. The number of rotatable bonds is 9. The van der Waals surface area contributed by atoms with Crippen LogP contribution in [0.15, 0.2) is 66.7 Å². The zero-order valence-electron chi connectivity index (χ0n) is 17.6. The van der Waals surface area contributed by atoms with Gasteiger partial charge in [-0.25, -0.2) is 4.79 Å². The van der Waals surface area contributed by atoms with E-state index in [4.69, 9.17) is 26.2 Å². The summed E-state index contributed by atoms with van der Waals surface area (Å²) in [7, 11) is 1.56. The fraction of sp³-hybridized carbons (Fsp3) is 0.200. The fourth-order valence-electron chi connectivity index (χ4n) is 3.30. The van der Waals surface area contributed by atoms with E-state index >= 15 is 0 Å². The number of ether oxygens (including phenoxy) is 2. The monoisotopic (exact) mass is 453 g/mol. The average Bonchev–Trinajstić information content (AvgIpc) is 2.77. The first-order valence-electron chi connectivity index (χ1n) is 10.1. The van der Waals surface area contributed by atoms with E-state index in [0.717, 1.165) is 22.3 Å². The molecule has 0 aliphatic carbocycles. The van der Waals surface area contributed by atoms with Crippen molar-refractivity contribution < 1.29 is 24.2 Å². The smallest absolute Gasteiger partial charge is 0.407 e. The van der Waals surface area contributed by atoms with Crippen LogP contribution in [0.25, 0.3) is 11.1 Å². The van der Waals surface area contributed by atoms with Crippen molar-refractivity contribution in [3.8, 4) is 16.9 Å². The standard InChI is InChI=1S/C25H24ClNO5/c1-31-23-9-8-20(19-6-2-5-18(12-19)14-24(28)29)15-21(23)16-27-25(30)32-11-10-17-4-3-7-22(26)13-17/h2-9,12-13,15H,10-11,14,16H2,1H3,(H,27,30)(H,28,29). The van der Waals surface area contributed by atoms with Gasteiger partial charge in [0.05, 0.1) is 20.1 Å². The van der Waals surface area contributed by atoms with Gasteiger partial charge >= 0.3 is 12.1 Å². The molecule has 0 saturated heterocycles. The van der Waals surface area contributed by atoms with Crippen molar-refractivity contribution in [2.45, 2.75) is 19.4 Å². The summed E-state index contributed by atoms with van der Waals surface area (Å²) in [6, 6.07) is 20.4. The molecule has 3 aromatic carbocycles. The van der Waals surface area contributed by atoms with Gasteiger partial charge < -0.3 is 19.9 Å². The van der Waals surface area contributed by atoms with E-state index in [1.807, 2.05) is 54.6 Å². The van der Waals surface area contributed by atoms with Crippen molar-refractivity contribution in [1.29, 1.82) is 0 Å². The lowest BCUT2D eigenvalue weighted by molar-refractivity contribution is -0.136. The Kier molecular flexibility index (Phi) is 8.11. The molecule has 0 radical (unpaired) electrons. The van der Waals surface area contributed by atoms with Gasteiger partial charge in [0.2, 0.25) is 0 Å². The van der Waals surface area contributed by atoms with Gasteiger partial charge in [0.25, 0.3) is 0 Å². The Morgan fingerprint density at radius 2 is 1.72 bits per heavy atom. The molecule has 6 nitrogen and oxygen atoms in total. The van der Waals surface area contributed by atoms with Crippen LogP contribution >= 0.6 is 11.6 Å². The highest BCUT2D eigenvalue weighted by Gasteiger charge is 2.10. The summed E-state index contributed by atoms with van der Waals surface area (Å²) in [4.78, 5) is 23.1. The van der Waals surface area contributed by atoms with E-state index in [1.165, 1.54) is 0 Å². The summed E-state index contributed by atoms with van der Waals surface area (Å²) in [6.45, 7) is 0.460. The predicted octanol–water partition coefficient (Wildman–Crippen LogP) is 5.11. The zero-order chi connectivity index (χ0) is 22.9. The minimum atomic E-state index is -0.879. The first kappa shape index (κ1) is 23.2. The highest BCUT2D eigenvalue weighted by atomic mass is 35.5. The molecule has 3 aromatic rings. The topological polar surface area (TPSA) is 84.9 Å². The first-order valence-corrected chi connectivity index (χ1v) is 10.5. The number of carboxylic acid groups (broad SMARTS) is 1. The molecule has 2 N–H and O–H groups in total. The van der Waals surface area contributed by atoms with Crippen LogP contribution in [0.2, 0.25) is 5.02 Å². The van der Waals surface area contributed by atoms with Crippen LogP contribution in [0.5, 0.6) is 5.75 Å². The summed E-state index contributed by atoms with van der Waals surface area (Å²) in [5.41, 5.74) is 4.26. The lowest BCUT2D eigenvalue weighted by Gasteiger charge is -2.13. The number of alkyl carbamates (subject to hydrolysis) is 1. The van der Waals surface area contributed by atoms with Gasteiger partial charge in [-0.3, -0.25) is 4.79 Å². The van der Waals surface area contributed by atoms with E-state index in [0.29, 0.717) is 22.8 Å². The maximum Gasteiger partial charge on any atom is 0.407 e. The summed E-state index contributed by atoms with van der Waals surface area (Å²) in [5.74, 6) is -0.245. The molecular formula is C25H24ClNO5. The van der Waals surface area contributed by atoms with Gasteiger partial charge in [-0.15, -0.1) is 0 Å². The third kappa shape index (κ3) is 6.75. The SMILES string of the molecule is COc1ccc(-c2cccc(CC(=O)O)c2)cc1CNC(=O)OCCc1cccc(Cl)c1. The van der Waals surface area contributed by atoms with Crippen molar-refractivity contribution in [3.05, 3.63) is 88.4 Å². The van der Waals surface area contributed by atoms with Crippen LogP contribution in [0, 0.1) is 0 Å². The number of nitrogens with one attached hydrogen (secondary N) is 1. The third-order valence-electron chi connectivity index (χ3n) is 4.83. The van der Waals surface area contributed by atoms with Crippen LogP contribution in [0.1, 0.15) is 16.7 Å². The number of methoxy groups -OCH3 is 1. The Hall–Kier alpha value is -3.51. The minimum Gasteiger partial charge on any atom is -0.496 e. The molecule has 0 aromatic heterocycles. The molecule has 0 saturated carbocycles. The van der Waals surface area contributed by atoms with E-state index in [9.17, 15) is 9.59 Å². The zero-order valence-corrected chi connectivity index (χ0v) is 18.4. The van der Waals surface area contributed by atoms with Crippen molar-refractivity contribution in [2.75, 3.05) is 13.7 Å². The van der Waals surface area contributed by atoms with Gasteiger partial charge in [0.1, 0.15) is 5.75 Å². The Morgan fingerprint density at radius 3 is 2.47 bits per heavy atom. The Labute approximate surface area is 191 Å². The average molecular weight is 454 g/mol. The largest absolute Gasteiger partial charge is 0.496 e. The second-order valence-corrected chi connectivity index (χ2v) is 7.60. The normalized spacial score (nSPS) is 10.4. The minimum absolute atomic E-state index is 0.0422. The quantitative estimate of drug-likeness (QED) is 0.470. The molecule has 32 heavy (non-hydrogen) atoms. The molecule has 3 rings (SSSR count). The van der Waals surface area contributed by atoms with Gasteiger partial charge in [0, 0.05) is 23.6 Å². The number of carbonyl (C=O) groups is 2. The second-order valence-electron chi connectivity index (χ2n) is 7.17. The van der Waals surface area contributed by atoms with Crippen LogP contribution in [-0.2, 0) is 28.9 Å². The molecule has 0 spiro atoms. The summed E-state index contributed by atoms with van der Waals surface area (Å²) in [5, 5.41) is 12.4. The molecule has 166 valence electrons. The molecule has 0 unspecified atom stereocenters. The van der Waals surface area contributed by atoms with Gasteiger partial charge in [-0.1, -0.05) is 54.1 Å². The van der Waals surface area contributed by atoms with Crippen LogP contribution in [-0.4, -0.2) is 30.9 Å². The molecule has 0 bridgehead atoms. The van der Waals surface area contributed by atoms with Crippen molar-refractivity contribution in [1.82, 2.24) is 5.32 Å². The fourth-order valence-corrected chi connectivity index (χ4v) is 3.52. The Bertz CT molecular complexity index is 1100. The number of benzene rings is 3. The number of amides is 1. The summed E-state index contributed by atoms with van der Waals surface area (Å²) >= 11 is 5.96. The van der Waals surface area contributed by atoms with Crippen molar-refractivity contribution in [2.24, 2.45) is 0 Å². The molecule has 0 fully saturated rings. The lowest BCUT2D eigenvalue weighted by Crippen LogP contribution is -2.24. The van der Waals surface area contributed by atoms with Crippen LogP contribution in [0.4, 0.5) is 4.79 Å². The van der Waals surface area contributed by atoms with Gasteiger partial charge in [-0.2, -0.15) is 0 Å². The number of hydrogen-bond donors (Lipinski definition) is 2. The first-order chi connectivity index (χ1) is 15.4. The number of carbonyl (C=O) groups excluding carboxylic acids is 1. The molecule has 0 aliphatic rings. The molecule has 0 aliphatic heterocycles. The van der Waals surface area contributed by atoms with Crippen LogP contribution in [0.3, 0.4) is 0 Å². The summed E-state index contributed by atoms with van der Waals surface area (Å²) < 4.78 is 10.7. The highest BCUT2D eigenvalue weighted by molar-refractivity contribution is 6.30. The number of aliphatic carboxylic acids is 1. The molecule has 1 amide bonds. The molecular weight excluding hydrogens is 430 g/mol. The van der Waals surface area contributed by atoms with E-state index in [2.05, 4.69) is 5.32 Å². The van der Waals surface area contributed by atoms with E-state index in [1.54, 1.807) is 19.2 Å². The number of hydrogen-bond acceptors (Lipinski definition) is 4. The lowest BCUT2D eigenvalue weighted by atomic mass is 9.99. The highest BCUT2D eigenvalue weighted by Crippen LogP contribution is 2.27. The van der Waals surface area contributed by atoms with E-state index in [-0.39, 0.29) is 19.6 Å². The predicted molar refractivity (Wildman–Crippen MR) is 123 cm³/mol. The molecule has 7 heteroatoms. The number of carboxylic acids is 1. The second kappa shape index (κ2) is 11.2. The Morgan fingerprint density at radius 1 is 0.969 bits per heavy atom. The van der Waals surface area contributed by atoms with Crippen molar-refractivity contribution in [3.63, 3.8) is 0 Å². The molecule has 0 heterocycles. The third-order valence-corrected chi connectivity index (χ3v) is 5.07. The van der Waals surface area contributed by atoms with Crippen molar-refractivity contribution >= 4 is 23.7 Å². The summed E-state index contributed by atoms with van der Waals surface area (Å²) in [6.07, 6.45) is 0.00163.